The Balaban J connectivity index is 0.000000262. The van der Waals surface area contributed by atoms with Crippen LogP contribution >= 0.6 is 34.0 Å². The molecule has 20 nitrogen and oxygen atoms in total. The van der Waals surface area contributed by atoms with Crippen molar-refractivity contribution in [2.24, 2.45) is 11.5 Å². The van der Waals surface area contributed by atoms with Crippen LogP contribution in [0.2, 0.25) is 0 Å². The van der Waals surface area contributed by atoms with Gasteiger partial charge in [0.25, 0.3) is 45.6 Å². The molecule has 0 bridgehead atoms. The first-order valence-corrected chi connectivity index (χ1v) is 35.4. The highest BCUT2D eigenvalue weighted by molar-refractivity contribution is 8.93. The number of rotatable bonds is 25. The standard InChI is InChI=1S/C33H32N4O4.C22H19NO5S.C10H14O2S.C5H14N2.C3H10N2.2BrH/c38-30-24-12-1-8-22-9-2-13-25(28(22)24)31(39)36(30)20-6-18-34-16-5-17-35-19-7-21-37-32(40)26-14-3-10-23-11-4-15-27(29(23)26)33(37)41;1-15-9-11-17(12-10-15)29(26,27)28-14-4-13-23-21(24)18-7-2-5-16-6-3-8-19(20(16)18)22(23)25;1-7-5-8(2)10(9(3)6-7)13(4,11)12;1-6-4-3-5-7-2;4-2-1-3-5;;/h1-4,8-15,34-35H,5-7,16-21H2;2-3,5-12H,4,13-14H2,1H3;5-6H,1-4H3;6-7H,3-5H2,1-2H3;1-5H2;2*1H. The summed E-state index contributed by atoms with van der Waals surface area (Å²) < 4.78 is 52.3. The van der Waals surface area contributed by atoms with Crippen LogP contribution in [-0.2, 0) is 24.1 Å². The van der Waals surface area contributed by atoms with E-state index in [4.69, 9.17) is 15.7 Å². The van der Waals surface area contributed by atoms with Crippen molar-refractivity contribution in [3.05, 3.63) is 201 Å². The predicted molar refractivity (Wildman–Crippen MR) is 396 cm³/mol. The third-order valence-corrected chi connectivity index (χ3v) is 18.8. The van der Waals surface area contributed by atoms with Crippen LogP contribution in [-0.4, -0.2) is 166 Å². The number of imide groups is 3. The highest BCUT2D eigenvalue weighted by Crippen LogP contribution is 2.33. The van der Waals surface area contributed by atoms with Gasteiger partial charge in [-0.1, -0.05) is 108 Å². The van der Waals surface area contributed by atoms with E-state index in [0.717, 1.165) is 106 Å². The van der Waals surface area contributed by atoms with Gasteiger partial charge in [-0.2, -0.15) is 8.42 Å². The van der Waals surface area contributed by atoms with Crippen molar-refractivity contribution in [3.8, 4) is 0 Å². The lowest BCUT2D eigenvalue weighted by Gasteiger charge is -2.27. The molecule has 0 saturated heterocycles. The van der Waals surface area contributed by atoms with Gasteiger partial charge >= 0.3 is 0 Å². The monoisotopic (exact) mass is 1490 g/mol. The first kappa shape index (κ1) is 80.2. The number of sulfone groups is 1. The molecule has 0 fully saturated rings. The van der Waals surface area contributed by atoms with Crippen LogP contribution in [0.4, 0.5) is 0 Å². The molecule has 0 radical (unpaired) electrons. The topological polar surface area (TPSA) is 290 Å². The fraction of sp³-hybridized carbons (Fsp3) is 0.342. The summed E-state index contributed by atoms with van der Waals surface area (Å²) in [6.07, 6.45) is 5.88. The second kappa shape index (κ2) is 38.6. The fourth-order valence-electron chi connectivity index (χ4n) is 11.6. The number of hydrogen-bond donors (Lipinski definition) is 6. The van der Waals surface area contributed by atoms with Crippen LogP contribution in [0.1, 0.15) is 123 Å². The van der Waals surface area contributed by atoms with Gasteiger partial charge in [0.1, 0.15) is 0 Å². The Hall–Kier alpha value is -7.46. The van der Waals surface area contributed by atoms with E-state index in [2.05, 4.69) is 21.3 Å². The molecular formula is C73H91Br2N9O11S2. The van der Waals surface area contributed by atoms with Crippen molar-refractivity contribution in [2.45, 2.75) is 76.0 Å². The zero-order valence-electron chi connectivity index (χ0n) is 56.2. The average molecular weight is 1490 g/mol. The van der Waals surface area contributed by atoms with E-state index in [-0.39, 0.29) is 93.9 Å². The van der Waals surface area contributed by atoms with E-state index in [1.165, 1.54) is 34.6 Å². The van der Waals surface area contributed by atoms with Gasteiger partial charge in [-0.15, -0.1) is 34.0 Å². The number of hydrogen-bond acceptors (Lipinski definition) is 17. The minimum absolute atomic E-state index is 0. The second-order valence-corrected chi connectivity index (χ2v) is 27.0. The maximum absolute atomic E-state index is 13.0. The highest BCUT2D eigenvalue weighted by atomic mass is 79.9. The Morgan fingerprint density at radius 2 is 0.711 bits per heavy atom. The second-order valence-electron chi connectivity index (χ2n) is 23.4. The number of carbonyl (C=O) groups excluding carboxylic acids is 6. The van der Waals surface area contributed by atoms with E-state index in [1.807, 2.05) is 115 Å². The van der Waals surface area contributed by atoms with Crippen molar-refractivity contribution in [1.82, 2.24) is 36.0 Å². The molecule has 0 saturated carbocycles. The van der Waals surface area contributed by atoms with Gasteiger partial charge in [-0.05, 0) is 208 Å². The lowest BCUT2D eigenvalue weighted by Crippen LogP contribution is -2.41. The van der Waals surface area contributed by atoms with Gasteiger partial charge in [0.15, 0.2) is 9.84 Å². The van der Waals surface area contributed by atoms with E-state index in [1.54, 1.807) is 60.7 Å². The lowest BCUT2D eigenvalue weighted by molar-refractivity contribution is 0.0589. The number of nitrogens with one attached hydrogen (secondary N) is 4. The summed E-state index contributed by atoms with van der Waals surface area (Å²) in [5.74, 6) is -1.65. The molecule has 0 aromatic heterocycles. The summed E-state index contributed by atoms with van der Waals surface area (Å²) in [7, 11) is -3.02. The van der Waals surface area contributed by atoms with Crippen molar-refractivity contribution in [2.75, 3.05) is 99.0 Å². The van der Waals surface area contributed by atoms with Crippen LogP contribution in [0.15, 0.2) is 155 Å². The molecule has 6 amide bonds. The maximum atomic E-state index is 13.0. The number of aryl methyl sites for hydroxylation is 4. The minimum Gasteiger partial charge on any atom is -0.330 e. The summed E-state index contributed by atoms with van der Waals surface area (Å²) in [4.78, 5) is 81.9. The molecule has 8 aromatic rings. The van der Waals surface area contributed by atoms with Gasteiger partial charge in [0.05, 0.1) is 16.4 Å². The summed E-state index contributed by atoms with van der Waals surface area (Å²) in [6.45, 7) is 14.9. The quantitative estimate of drug-likeness (QED) is 0.0176. The predicted octanol–water partition coefficient (Wildman–Crippen LogP) is 10.1. The van der Waals surface area contributed by atoms with Crippen molar-refractivity contribution >= 4 is 122 Å². The van der Waals surface area contributed by atoms with E-state index >= 15 is 0 Å². The zero-order valence-corrected chi connectivity index (χ0v) is 61.3. The van der Waals surface area contributed by atoms with E-state index in [9.17, 15) is 45.6 Å². The van der Waals surface area contributed by atoms with E-state index < -0.39 is 20.0 Å². The number of nitrogens with two attached hydrogens (primary N) is 2. The summed E-state index contributed by atoms with van der Waals surface area (Å²) in [5, 5.41) is 17.7. The van der Waals surface area contributed by atoms with Crippen LogP contribution in [0.3, 0.4) is 0 Å². The van der Waals surface area contributed by atoms with Gasteiger partial charge in [0, 0.05) is 75.4 Å². The van der Waals surface area contributed by atoms with Crippen LogP contribution in [0, 0.1) is 27.7 Å². The number of benzene rings is 8. The molecule has 3 aliphatic rings. The number of nitrogens with zero attached hydrogens (tertiary/aromatic N) is 3. The molecule has 8 aromatic carbocycles. The molecule has 520 valence electrons. The highest BCUT2D eigenvalue weighted by Gasteiger charge is 2.35. The number of halogens is 2. The molecule has 11 rings (SSSR count). The molecule has 3 heterocycles. The van der Waals surface area contributed by atoms with Gasteiger partial charge < -0.3 is 32.7 Å². The maximum Gasteiger partial charge on any atom is 0.296 e. The molecule has 97 heavy (non-hydrogen) atoms. The summed E-state index contributed by atoms with van der Waals surface area (Å²) >= 11 is 0. The molecule has 0 spiro atoms. The molecule has 24 heteroatoms. The zero-order chi connectivity index (χ0) is 68.8. The Bertz CT molecular complexity index is 3990. The normalized spacial score (nSPS) is 13.0. The summed E-state index contributed by atoms with van der Waals surface area (Å²) in [6, 6.07) is 43.1. The molecule has 8 N–H and O–H groups in total. The smallest absolute Gasteiger partial charge is 0.296 e. The molecular weight excluding hydrogens is 1400 g/mol. The van der Waals surface area contributed by atoms with Gasteiger partial charge in [-0.25, -0.2) is 8.42 Å². The van der Waals surface area contributed by atoms with Crippen LogP contribution < -0.4 is 32.7 Å². The lowest BCUT2D eigenvalue weighted by atomic mass is 9.94. The third kappa shape index (κ3) is 20.8. The average Bonchev–Trinajstić information content (AvgIpc) is 0.766. The van der Waals surface area contributed by atoms with Crippen LogP contribution in [0.5, 0.6) is 0 Å². The van der Waals surface area contributed by atoms with Crippen molar-refractivity contribution < 1.29 is 49.8 Å². The van der Waals surface area contributed by atoms with Gasteiger partial charge in [0.2, 0.25) is 0 Å². The molecule has 0 atom stereocenters. The van der Waals surface area contributed by atoms with Crippen molar-refractivity contribution in [1.29, 1.82) is 0 Å². The van der Waals surface area contributed by atoms with E-state index in [0.29, 0.717) is 82.7 Å². The van der Waals surface area contributed by atoms with Crippen LogP contribution in [0.25, 0.3) is 32.3 Å². The SMILES string of the molecule is Br.Br.CNCCCNC.Cc1cc(C)c(S(C)(=O)=O)c(C)c1.Cc1ccc(S(=O)(=O)OCCCN2C(=O)c3cccc4cccc(c34)C2=O)cc1.NCCCN.O=C1c2cccc3cccc(c23)C(=O)N1CCCNCCCNCCCN1C(=O)c2cccc3cccc(c23)C1=O. The third-order valence-electron chi connectivity index (χ3n) is 16.1. The fourth-order valence-corrected chi connectivity index (χ4v) is 13.9. The Kier molecular flexibility index (Phi) is 31.9. The largest absolute Gasteiger partial charge is 0.330 e. The Labute approximate surface area is 591 Å². The first-order valence-electron chi connectivity index (χ1n) is 32.1. The van der Waals surface area contributed by atoms with Crippen molar-refractivity contribution in [3.63, 3.8) is 0 Å². The Morgan fingerprint density at radius 3 is 1.01 bits per heavy atom. The molecule has 0 unspecified atom stereocenters. The molecule has 3 aliphatic heterocycles. The summed E-state index contributed by atoms with van der Waals surface area (Å²) in [5.41, 5.74) is 17.1. The number of carbonyl (C=O) groups is 6. The first-order chi connectivity index (χ1) is 45.6. The van der Waals surface area contributed by atoms with Gasteiger partial charge in [-0.3, -0.25) is 47.7 Å². The molecule has 0 aliphatic carbocycles. The minimum atomic E-state index is -3.88. The Morgan fingerprint density at radius 1 is 0.402 bits per heavy atom. The number of amides is 6.